The summed E-state index contributed by atoms with van der Waals surface area (Å²) in [6.07, 6.45) is 2.62. The van der Waals surface area contributed by atoms with Gasteiger partial charge in [0.1, 0.15) is 17.5 Å². The summed E-state index contributed by atoms with van der Waals surface area (Å²) in [5.74, 6) is 0.0650. The van der Waals surface area contributed by atoms with Crippen LogP contribution in [0.3, 0.4) is 0 Å². The Hall–Kier alpha value is -4.28. The summed E-state index contributed by atoms with van der Waals surface area (Å²) < 4.78 is 15.3. The van der Waals surface area contributed by atoms with Crippen molar-refractivity contribution in [2.75, 3.05) is 13.2 Å². The van der Waals surface area contributed by atoms with Gasteiger partial charge < -0.3 is 24.6 Å². The molecule has 1 fully saturated rings. The van der Waals surface area contributed by atoms with Crippen molar-refractivity contribution in [3.63, 3.8) is 0 Å². The fourth-order valence-electron chi connectivity index (χ4n) is 3.51. The number of likely N-dealkylation sites (tertiary alicyclic amines) is 1. The summed E-state index contributed by atoms with van der Waals surface area (Å²) in [5.41, 5.74) is 5.22. The molecule has 2 amide bonds. The van der Waals surface area contributed by atoms with E-state index in [9.17, 15) is 14.4 Å². The van der Waals surface area contributed by atoms with Crippen molar-refractivity contribution in [2.24, 2.45) is 5.73 Å². The molecule has 2 N–H and O–H groups in total. The summed E-state index contributed by atoms with van der Waals surface area (Å²) >= 11 is 0. The standard InChI is InChI=1S/C22H21N5O6/c23-22(30)32-21(29)16-10-9-14(12-24-16)19-25-20(33-26-19)17-8-4-5-11-27(17)18(28)13-31-15-6-2-1-3-7-15/h1-3,6-7,9-10,12,17H,4-5,8,11,13H2,(H2,23,30). The fraction of sp³-hybridized carbons (Fsp3) is 0.273. The molecule has 0 saturated carbocycles. The lowest BCUT2D eigenvalue weighted by Gasteiger charge is -2.33. The van der Waals surface area contributed by atoms with Gasteiger partial charge in [-0.25, -0.2) is 14.6 Å². The minimum atomic E-state index is -1.21. The minimum absolute atomic E-state index is 0.0890. The minimum Gasteiger partial charge on any atom is -0.484 e. The van der Waals surface area contributed by atoms with Gasteiger partial charge in [-0.05, 0) is 43.5 Å². The number of carbonyl (C=O) groups excluding carboxylic acids is 3. The Kier molecular flexibility index (Phi) is 6.58. The van der Waals surface area contributed by atoms with E-state index >= 15 is 0 Å². The van der Waals surface area contributed by atoms with Crippen LogP contribution in [0.1, 0.15) is 41.7 Å². The summed E-state index contributed by atoms with van der Waals surface area (Å²) in [7, 11) is 0. The first-order chi connectivity index (χ1) is 16.0. The van der Waals surface area contributed by atoms with Crippen molar-refractivity contribution in [3.8, 4) is 17.1 Å². The number of para-hydroxylation sites is 1. The van der Waals surface area contributed by atoms with Crippen LogP contribution in [-0.2, 0) is 9.53 Å². The van der Waals surface area contributed by atoms with E-state index in [4.69, 9.17) is 15.0 Å². The molecule has 11 heteroatoms. The quantitative estimate of drug-likeness (QED) is 0.440. The van der Waals surface area contributed by atoms with Crippen LogP contribution in [0.25, 0.3) is 11.4 Å². The summed E-state index contributed by atoms with van der Waals surface area (Å²) in [5, 5.41) is 3.99. The third kappa shape index (κ3) is 5.32. The van der Waals surface area contributed by atoms with Gasteiger partial charge in [-0.15, -0.1) is 0 Å². The Morgan fingerprint density at radius 3 is 2.67 bits per heavy atom. The third-order valence-electron chi connectivity index (χ3n) is 5.08. The van der Waals surface area contributed by atoms with E-state index in [1.54, 1.807) is 17.0 Å². The van der Waals surface area contributed by atoms with Gasteiger partial charge in [0.2, 0.25) is 11.7 Å². The first-order valence-corrected chi connectivity index (χ1v) is 10.3. The molecule has 1 aliphatic heterocycles. The number of esters is 1. The molecule has 1 unspecified atom stereocenters. The Morgan fingerprint density at radius 2 is 1.94 bits per heavy atom. The number of carbonyl (C=O) groups is 3. The molecule has 1 atom stereocenters. The summed E-state index contributed by atoms with van der Waals surface area (Å²) in [6.45, 7) is 0.478. The molecule has 0 aliphatic carbocycles. The van der Waals surface area contributed by atoms with Crippen molar-refractivity contribution in [1.29, 1.82) is 0 Å². The van der Waals surface area contributed by atoms with Crippen LogP contribution in [0.15, 0.2) is 53.2 Å². The fourth-order valence-corrected chi connectivity index (χ4v) is 3.51. The van der Waals surface area contributed by atoms with Gasteiger partial charge in [0, 0.05) is 18.3 Å². The van der Waals surface area contributed by atoms with Crippen molar-refractivity contribution >= 4 is 18.0 Å². The predicted octanol–water partition coefficient (Wildman–Crippen LogP) is 2.50. The van der Waals surface area contributed by atoms with Crippen LogP contribution in [-0.4, -0.2) is 51.1 Å². The molecule has 0 spiro atoms. The summed E-state index contributed by atoms with van der Waals surface area (Å²) in [6, 6.07) is 11.7. The highest BCUT2D eigenvalue weighted by Gasteiger charge is 2.32. The highest BCUT2D eigenvalue weighted by molar-refractivity contribution is 5.94. The van der Waals surface area contributed by atoms with Crippen LogP contribution < -0.4 is 10.5 Å². The normalized spacial score (nSPS) is 15.6. The highest BCUT2D eigenvalue weighted by Crippen LogP contribution is 2.31. The van der Waals surface area contributed by atoms with E-state index in [-0.39, 0.29) is 30.1 Å². The Balaban J connectivity index is 1.45. The number of hydrogen-bond donors (Lipinski definition) is 1. The topological polar surface area (TPSA) is 151 Å². The van der Waals surface area contributed by atoms with E-state index in [2.05, 4.69) is 19.9 Å². The number of benzene rings is 1. The molecule has 3 aromatic rings. The summed E-state index contributed by atoms with van der Waals surface area (Å²) in [4.78, 5) is 45.3. The smallest absolute Gasteiger partial charge is 0.412 e. The van der Waals surface area contributed by atoms with Crippen LogP contribution in [0.2, 0.25) is 0 Å². The van der Waals surface area contributed by atoms with E-state index in [0.29, 0.717) is 30.2 Å². The zero-order chi connectivity index (χ0) is 23.2. The van der Waals surface area contributed by atoms with E-state index < -0.39 is 12.1 Å². The molecular weight excluding hydrogens is 430 g/mol. The highest BCUT2D eigenvalue weighted by atomic mass is 16.6. The second kappa shape index (κ2) is 9.90. The number of rotatable bonds is 6. The average molecular weight is 451 g/mol. The predicted molar refractivity (Wildman–Crippen MR) is 113 cm³/mol. The van der Waals surface area contributed by atoms with Gasteiger partial charge in [-0.1, -0.05) is 23.4 Å². The number of amides is 2. The Bertz CT molecular complexity index is 1130. The van der Waals surface area contributed by atoms with Gasteiger partial charge in [-0.2, -0.15) is 4.98 Å². The lowest BCUT2D eigenvalue weighted by molar-refractivity contribution is -0.138. The molecule has 170 valence electrons. The number of nitrogens with zero attached hydrogens (tertiary/aromatic N) is 4. The number of primary amides is 1. The second-order valence-electron chi connectivity index (χ2n) is 7.30. The van der Waals surface area contributed by atoms with Crippen molar-refractivity contribution in [1.82, 2.24) is 20.0 Å². The maximum atomic E-state index is 12.8. The van der Waals surface area contributed by atoms with Crippen molar-refractivity contribution in [2.45, 2.75) is 25.3 Å². The zero-order valence-electron chi connectivity index (χ0n) is 17.5. The number of nitrogens with two attached hydrogens (primary N) is 1. The van der Waals surface area contributed by atoms with Crippen molar-refractivity contribution in [3.05, 3.63) is 60.2 Å². The molecule has 2 aromatic heterocycles. The molecule has 0 bridgehead atoms. The third-order valence-corrected chi connectivity index (χ3v) is 5.08. The average Bonchev–Trinajstić information content (AvgIpc) is 3.33. The van der Waals surface area contributed by atoms with Crippen LogP contribution >= 0.6 is 0 Å². The van der Waals surface area contributed by atoms with Gasteiger partial charge >= 0.3 is 12.1 Å². The largest absolute Gasteiger partial charge is 0.484 e. The molecule has 1 saturated heterocycles. The SMILES string of the molecule is NC(=O)OC(=O)c1ccc(-c2noc(C3CCCCN3C(=O)COc3ccccc3)n2)cn1. The van der Waals surface area contributed by atoms with Crippen LogP contribution in [0, 0.1) is 0 Å². The van der Waals surface area contributed by atoms with E-state index in [1.807, 2.05) is 18.2 Å². The van der Waals surface area contributed by atoms with Gasteiger partial charge in [0.05, 0.1) is 0 Å². The maximum Gasteiger partial charge on any atom is 0.412 e. The van der Waals surface area contributed by atoms with Crippen molar-refractivity contribution < 1.29 is 28.4 Å². The van der Waals surface area contributed by atoms with E-state index in [1.165, 1.54) is 18.3 Å². The number of aromatic nitrogens is 3. The van der Waals surface area contributed by atoms with Gasteiger partial charge in [-0.3, -0.25) is 4.79 Å². The molecule has 33 heavy (non-hydrogen) atoms. The molecular formula is C22H21N5O6. The molecule has 0 radical (unpaired) electrons. The molecule has 3 heterocycles. The molecule has 4 rings (SSSR count). The first kappa shape index (κ1) is 21.9. The van der Waals surface area contributed by atoms with Crippen LogP contribution in [0.5, 0.6) is 5.75 Å². The second-order valence-corrected chi connectivity index (χ2v) is 7.30. The molecule has 11 nitrogen and oxygen atoms in total. The van der Waals surface area contributed by atoms with Crippen LogP contribution in [0.4, 0.5) is 4.79 Å². The number of hydrogen-bond acceptors (Lipinski definition) is 9. The lowest BCUT2D eigenvalue weighted by Crippen LogP contribution is -2.41. The lowest BCUT2D eigenvalue weighted by atomic mass is 10.0. The molecule has 1 aromatic carbocycles. The number of piperidine rings is 1. The molecule has 1 aliphatic rings. The monoisotopic (exact) mass is 451 g/mol. The zero-order valence-corrected chi connectivity index (χ0v) is 17.5. The maximum absolute atomic E-state index is 12.8. The first-order valence-electron chi connectivity index (χ1n) is 10.3. The van der Waals surface area contributed by atoms with Gasteiger partial charge in [0.15, 0.2) is 6.61 Å². The number of ether oxygens (including phenoxy) is 2. The van der Waals surface area contributed by atoms with Gasteiger partial charge in [0.25, 0.3) is 5.91 Å². The van der Waals surface area contributed by atoms with E-state index in [0.717, 1.165) is 12.8 Å². The number of pyridine rings is 1. The Morgan fingerprint density at radius 1 is 1.12 bits per heavy atom. The Labute approximate surface area is 188 Å².